The summed E-state index contributed by atoms with van der Waals surface area (Å²) in [7, 11) is 0. The van der Waals surface area contributed by atoms with Crippen molar-refractivity contribution in [2.45, 2.75) is 56.9 Å². The molecule has 0 saturated heterocycles. The standard InChI is InChI=1S/C26H30F3N3O2/c1-16(2)24-18-11-10-17(27)13-19(18)26(28,29)15-25(24,34)14-23(33)32(3)12-6-9-22-30-20-7-4-5-8-21(20)31-22/h4-5,7-8,10-11,13,16,24,34H,6,9,12,14-15H2,1-3H3,(H,30,31)/t24-,25+/m0/s1/i3D3,6D2,9D2,12D2. The van der Waals surface area contributed by atoms with Gasteiger partial charge in [-0.3, -0.25) is 4.79 Å². The molecule has 0 spiro atoms. The molecule has 1 aromatic heterocycles. The maximum atomic E-state index is 15.3. The van der Waals surface area contributed by atoms with Gasteiger partial charge in [0.1, 0.15) is 11.6 Å². The average molecular weight is 483 g/mol. The first kappa shape index (κ1) is 15.2. The molecule has 0 unspecified atom stereocenters. The Bertz CT molecular complexity index is 1510. The summed E-state index contributed by atoms with van der Waals surface area (Å²) in [4.78, 5) is 19.7. The van der Waals surface area contributed by atoms with Crippen molar-refractivity contribution in [1.29, 1.82) is 0 Å². The van der Waals surface area contributed by atoms with E-state index < -0.39 is 90.4 Å². The third-order valence-electron chi connectivity index (χ3n) is 5.96. The number of aliphatic hydroxyl groups is 1. The summed E-state index contributed by atoms with van der Waals surface area (Å²) in [5.41, 5.74) is -3.07. The monoisotopic (exact) mass is 482 g/mol. The number of H-pyrrole nitrogens is 1. The van der Waals surface area contributed by atoms with Gasteiger partial charge in [-0.2, -0.15) is 0 Å². The number of rotatable bonds is 7. The maximum absolute atomic E-state index is 15.3. The van der Waals surface area contributed by atoms with Crippen LogP contribution in [0.4, 0.5) is 13.2 Å². The third-order valence-corrected chi connectivity index (χ3v) is 5.96. The molecule has 0 saturated carbocycles. The van der Waals surface area contributed by atoms with Crippen LogP contribution in [0.3, 0.4) is 0 Å². The smallest absolute Gasteiger partial charge is 0.276 e. The van der Waals surface area contributed by atoms with Gasteiger partial charge in [0.2, 0.25) is 5.91 Å². The number of amides is 1. The van der Waals surface area contributed by atoms with Crippen LogP contribution in [-0.2, 0) is 17.1 Å². The van der Waals surface area contributed by atoms with Crippen LogP contribution in [0.1, 0.15) is 68.3 Å². The second kappa shape index (κ2) is 9.06. The van der Waals surface area contributed by atoms with Crippen molar-refractivity contribution in [3.63, 3.8) is 0 Å². The van der Waals surface area contributed by atoms with E-state index in [1.165, 1.54) is 26.0 Å². The molecule has 1 aliphatic carbocycles. The molecule has 0 bridgehead atoms. The highest BCUT2D eigenvalue weighted by molar-refractivity contribution is 5.77. The number of nitrogens with zero attached hydrogens (tertiary/aromatic N) is 2. The van der Waals surface area contributed by atoms with Crippen molar-refractivity contribution in [3.05, 3.63) is 65.2 Å². The van der Waals surface area contributed by atoms with Crippen molar-refractivity contribution >= 4 is 16.9 Å². The summed E-state index contributed by atoms with van der Waals surface area (Å²) < 4.78 is 119. The van der Waals surface area contributed by atoms with Crippen molar-refractivity contribution in [2.75, 3.05) is 13.5 Å². The van der Waals surface area contributed by atoms with E-state index in [4.69, 9.17) is 12.3 Å². The van der Waals surface area contributed by atoms with Gasteiger partial charge in [-0.15, -0.1) is 0 Å². The lowest BCUT2D eigenvalue weighted by molar-refractivity contribution is -0.151. The molecule has 0 fully saturated rings. The van der Waals surface area contributed by atoms with E-state index in [1.807, 2.05) is 0 Å². The third kappa shape index (κ3) is 4.69. The lowest BCUT2D eigenvalue weighted by Gasteiger charge is -2.46. The van der Waals surface area contributed by atoms with E-state index in [-0.39, 0.29) is 16.6 Å². The minimum absolute atomic E-state index is 0.178. The van der Waals surface area contributed by atoms with E-state index in [0.717, 1.165) is 12.1 Å². The summed E-state index contributed by atoms with van der Waals surface area (Å²) in [6, 6.07) is 8.70. The van der Waals surface area contributed by atoms with Gasteiger partial charge in [-0.05, 0) is 42.1 Å². The summed E-state index contributed by atoms with van der Waals surface area (Å²) in [6.45, 7) is -4.62. The molecule has 1 aliphatic rings. The molecule has 8 heteroatoms. The molecular weight excluding hydrogens is 443 g/mol. The number of aromatic amines is 1. The summed E-state index contributed by atoms with van der Waals surface area (Å²) in [5.74, 6) is -9.17. The number of aromatic nitrogens is 2. The highest BCUT2D eigenvalue weighted by Gasteiger charge is 2.55. The lowest BCUT2D eigenvalue weighted by Crippen LogP contribution is -2.50. The topological polar surface area (TPSA) is 69.2 Å². The van der Waals surface area contributed by atoms with Crippen molar-refractivity contribution in [3.8, 4) is 0 Å². The first-order valence-corrected chi connectivity index (χ1v) is 10.7. The second-order valence-corrected chi connectivity index (χ2v) is 8.81. The van der Waals surface area contributed by atoms with Crippen LogP contribution >= 0.6 is 0 Å². The van der Waals surface area contributed by atoms with Crippen molar-refractivity contribution in [2.24, 2.45) is 5.92 Å². The number of hydrogen-bond acceptors (Lipinski definition) is 3. The molecule has 2 N–H and O–H groups in total. The van der Waals surface area contributed by atoms with Crippen LogP contribution < -0.4 is 0 Å². The van der Waals surface area contributed by atoms with E-state index in [2.05, 4.69) is 9.97 Å². The van der Waals surface area contributed by atoms with Crippen LogP contribution in [0, 0.1) is 11.7 Å². The number of carbonyl (C=O) groups excluding carboxylic acids is 1. The molecule has 0 radical (unpaired) electrons. The van der Waals surface area contributed by atoms with E-state index in [1.54, 1.807) is 12.1 Å². The molecule has 182 valence electrons. The van der Waals surface area contributed by atoms with E-state index >= 15 is 8.78 Å². The van der Waals surface area contributed by atoms with Crippen LogP contribution in [0.15, 0.2) is 42.5 Å². The van der Waals surface area contributed by atoms with Gasteiger partial charge < -0.3 is 15.0 Å². The van der Waals surface area contributed by atoms with Gasteiger partial charge in [0, 0.05) is 50.1 Å². The molecule has 2 aromatic carbocycles. The maximum Gasteiger partial charge on any atom is 0.276 e. The molecule has 2 atom stereocenters. The zero-order valence-corrected chi connectivity index (χ0v) is 18.5. The van der Waals surface area contributed by atoms with Crippen LogP contribution in [-0.4, -0.2) is 45.0 Å². The largest absolute Gasteiger partial charge is 0.388 e. The fourth-order valence-electron chi connectivity index (χ4n) is 4.71. The number of fused-ring (bicyclic) bond motifs is 2. The van der Waals surface area contributed by atoms with Gasteiger partial charge in [-0.1, -0.05) is 32.0 Å². The van der Waals surface area contributed by atoms with Gasteiger partial charge >= 0.3 is 0 Å². The quantitative estimate of drug-likeness (QED) is 0.489. The fraction of sp³-hybridized carbons (Fsp3) is 0.462. The molecule has 4 rings (SSSR count). The number of imidazole rings is 1. The normalized spacial score (nSPS) is 27.1. The Kier molecular flexibility index (Phi) is 4.05. The number of alkyl halides is 2. The zero-order valence-electron chi connectivity index (χ0n) is 27.5. The zero-order chi connectivity index (χ0) is 32.6. The van der Waals surface area contributed by atoms with E-state index in [9.17, 15) is 14.3 Å². The highest BCUT2D eigenvalue weighted by atomic mass is 19.3. The Labute approximate surface area is 209 Å². The van der Waals surface area contributed by atoms with Crippen molar-refractivity contribution < 1.29 is 35.4 Å². The predicted molar refractivity (Wildman–Crippen MR) is 124 cm³/mol. The Hall–Kier alpha value is -2.87. The number of nitrogens with one attached hydrogen (secondary N) is 1. The van der Waals surface area contributed by atoms with Crippen LogP contribution in [0.2, 0.25) is 0 Å². The van der Waals surface area contributed by atoms with Gasteiger partial charge in [0.05, 0.1) is 23.1 Å². The summed E-state index contributed by atoms with van der Waals surface area (Å²) in [5, 5.41) is 11.6. The Morgan fingerprint density at radius 1 is 1.35 bits per heavy atom. The molecule has 0 aliphatic heterocycles. The van der Waals surface area contributed by atoms with Crippen LogP contribution in [0.25, 0.3) is 11.0 Å². The highest BCUT2D eigenvalue weighted by Crippen LogP contribution is 2.54. The van der Waals surface area contributed by atoms with Gasteiger partial charge in [-0.25, -0.2) is 18.2 Å². The predicted octanol–water partition coefficient (Wildman–Crippen LogP) is 5.15. The number of para-hydroxylation sites is 2. The fourth-order valence-corrected chi connectivity index (χ4v) is 4.71. The Morgan fingerprint density at radius 3 is 2.82 bits per heavy atom. The van der Waals surface area contributed by atoms with E-state index in [0.29, 0.717) is 6.07 Å². The van der Waals surface area contributed by atoms with Crippen LogP contribution in [0.5, 0.6) is 0 Å². The number of halogens is 3. The average Bonchev–Trinajstić information content (AvgIpc) is 3.27. The van der Waals surface area contributed by atoms with Gasteiger partial charge in [0.25, 0.3) is 5.92 Å². The first-order chi connectivity index (χ1) is 19.5. The summed E-state index contributed by atoms with van der Waals surface area (Å²) in [6.07, 6.45) is -9.99. The molecule has 5 nitrogen and oxygen atoms in total. The lowest BCUT2D eigenvalue weighted by atomic mass is 9.64. The Morgan fingerprint density at radius 2 is 2.12 bits per heavy atom. The molecule has 1 heterocycles. The van der Waals surface area contributed by atoms with Gasteiger partial charge in [0.15, 0.2) is 0 Å². The SMILES string of the molecule is [2H]C([2H])([2H])N(C(=O)C[C@@]1(O)CC(F)(F)c2cc(F)ccc2[C@@H]1C(C)C)C([2H])([2H])C([2H])([2H])C([2H])([2H])c1nc2ccccc2[nH]1. The number of benzene rings is 2. The second-order valence-electron chi connectivity index (χ2n) is 8.81. The Balaban J connectivity index is 1.77. The molecule has 1 amide bonds. The minimum atomic E-state index is -3.94. The molecule has 3 aromatic rings. The first-order valence-electron chi connectivity index (χ1n) is 15.2. The minimum Gasteiger partial charge on any atom is -0.388 e. The number of aryl methyl sites for hydroxylation is 1. The number of hydrogen-bond donors (Lipinski definition) is 2. The molecule has 34 heavy (non-hydrogen) atoms. The number of carbonyl (C=O) groups is 1. The van der Waals surface area contributed by atoms with Crippen molar-refractivity contribution in [1.82, 2.24) is 14.9 Å². The summed E-state index contributed by atoms with van der Waals surface area (Å²) >= 11 is 0. The molecular formula is C26H30F3N3O2.